The summed E-state index contributed by atoms with van der Waals surface area (Å²) in [4.78, 5) is 40.1. The van der Waals surface area contributed by atoms with E-state index in [2.05, 4.69) is 25.6 Å². The van der Waals surface area contributed by atoms with Crippen LogP contribution in [-0.4, -0.2) is 64.6 Å². The van der Waals surface area contributed by atoms with Crippen molar-refractivity contribution in [3.63, 3.8) is 0 Å². The van der Waals surface area contributed by atoms with E-state index in [0.717, 1.165) is 52.9 Å². The minimum absolute atomic E-state index is 0.0702. The predicted molar refractivity (Wildman–Crippen MR) is 163 cm³/mol. The second-order valence-corrected chi connectivity index (χ2v) is 10.9. The van der Waals surface area contributed by atoms with E-state index < -0.39 is 0 Å². The Balaban J connectivity index is 1.26. The molecule has 0 radical (unpaired) electrons. The third-order valence-electron chi connectivity index (χ3n) is 7.96. The average molecular weight is 579 g/mol. The Morgan fingerprint density at radius 1 is 1.12 bits per heavy atom. The molecule has 43 heavy (non-hydrogen) atoms. The summed E-state index contributed by atoms with van der Waals surface area (Å²) in [5.41, 5.74) is 13.2. The number of pyridine rings is 1. The lowest BCUT2D eigenvalue weighted by Crippen LogP contribution is -2.37. The number of nitrogens with one attached hydrogen (secondary N) is 2. The van der Waals surface area contributed by atoms with Gasteiger partial charge in [-0.15, -0.1) is 5.10 Å². The highest BCUT2D eigenvalue weighted by molar-refractivity contribution is 5.92. The molecule has 0 saturated heterocycles. The van der Waals surface area contributed by atoms with Gasteiger partial charge in [-0.2, -0.15) is 14.6 Å². The first-order valence-corrected chi connectivity index (χ1v) is 14.5. The first-order valence-electron chi connectivity index (χ1n) is 14.5. The highest BCUT2D eigenvalue weighted by atomic mass is 16.2. The molecule has 220 valence electrons. The normalized spacial score (nSPS) is 13.7. The lowest BCUT2D eigenvalue weighted by molar-refractivity contribution is -0.114. The van der Waals surface area contributed by atoms with E-state index in [9.17, 15) is 9.59 Å². The minimum atomic E-state index is -0.310. The van der Waals surface area contributed by atoms with Crippen LogP contribution in [0.2, 0.25) is 0 Å². The number of aryl methyl sites for hydroxylation is 1. The fraction of sp³-hybridized carbons (Fsp3) is 0.323. The van der Waals surface area contributed by atoms with E-state index in [-0.39, 0.29) is 29.6 Å². The highest BCUT2D eigenvalue weighted by Crippen LogP contribution is 2.45. The number of fused-ring (bicyclic) bond motifs is 1. The summed E-state index contributed by atoms with van der Waals surface area (Å²) in [7, 11) is 1.76. The molecule has 4 aromatic heterocycles. The van der Waals surface area contributed by atoms with Crippen molar-refractivity contribution in [3.05, 3.63) is 71.9 Å². The zero-order valence-corrected chi connectivity index (χ0v) is 24.4. The van der Waals surface area contributed by atoms with Gasteiger partial charge in [-0.3, -0.25) is 25.0 Å². The van der Waals surface area contributed by atoms with Crippen molar-refractivity contribution >= 4 is 29.2 Å². The van der Waals surface area contributed by atoms with Gasteiger partial charge in [0.25, 0.3) is 5.91 Å². The van der Waals surface area contributed by atoms with Gasteiger partial charge in [-0.25, -0.2) is 4.98 Å². The molecule has 0 bridgehead atoms. The molecule has 1 fully saturated rings. The Morgan fingerprint density at radius 2 is 1.91 bits per heavy atom. The van der Waals surface area contributed by atoms with Crippen LogP contribution in [0.15, 0.2) is 54.9 Å². The Morgan fingerprint density at radius 3 is 2.58 bits per heavy atom. The summed E-state index contributed by atoms with van der Waals surface area (Å²) >= 11 is 0. The number of nitrogens with zero attached hydrogens (tertiary/aromatic N) is 7. The maximum absolute atomic E-state index is 13.2. The van der Waals surface area contributed by atoms with Gasteiger partial charge in [-0.05, 0) is 44.1 Å². The molecular formula is C31H34N10O2. The average Bonchev–Trinajstić information content (AvgIpc) is 3.59. The van der Waals surface area contributed by atoms with Gasteiger partial charge in [0.15, 0.2) is 5.65 Å². The number of nitrogens with two attached hydrogens (primary N) is 1. The Hall–Kier alpha value is -5.13. The number of aromatic amines is 1. The van der Waals surface area contributed by atoms with Crippen LogP contribution in [0.3, 0.4) is 0 Å². The number of H-pyrrole nitrogens is 1. The number of carbonyl (C=O) groups excluding carboxylic acids is 2. The fourth-order valence-corrected chi connectivity index (χ4v) is 5.50. The van der Waals surface area contributed by atoms with Crippen LogP contribution < -0.4 is 11.1 Å². The second-order valence-electron chi connectivity index (χ2n) is 10.9. The van der Waals surface area contributed by atoms with Crippen LogP contribution >= 0.6 is 0 Å². The van der Waals surface area contributed by atoms with Crippen molar-refractivity contribution in [1.29, 1.82) is 0 Å². The number of carbonyl (C=O) groups is 2. The second kappa shape index (κ2) is 11.6. The maximum Gasteiger partial charge on any atom is 0.291 e. The Bertz CT molecular complexity index is 1770. The van der Waals surface area contributed by atoms with Crippen LogP contribution in [0, 0.1) is 0 Å². The molecule has 12 heteroatoms. The molecule has 12 nitrogen and oxygen atoms in total. The van der Waals surface area contributed by atoms with E-state index >= 15 is 0 Å². The molecule has 4 heterocycles. The zero-order valence-electron chi connectivity index (χ0n) is 24.4. The lowest BCUT2D eigenvalue weighted by atomic mass is 10.0. The van der Waals surface area contributed by atoms with E-state index in [0.29, 0.717) is 30.2 Å². The SMILES string of the molecule is CC[C@H](CCc1nc2c(-c3ccc(-c4ccccc4)nc3)cnn2c(N)c1C1CC1)N(C)C(=O)c1nc(NC(C)=O)n[nH]1. The molecule has 6 rings (SSSR count). The summed E-state index contributed by atoms with van der Waals surface area (Å²) < 4.78 is 1.74. The molecule has 4 N–H and O–H groups in total. The minimum Gasteiger partial charge on any atom is -0.383 e. The van der Waals surface area contributed by atoms with E-state index in [1.54, 1.807) is 22.7 Å². The quantitative estimate of drug-likeness (QED) is 0.219. The predicted octanol–water partition coefficient (Wildman–Crippen LogP) is 4.48. The van der Waals surface area contributed by atoms with Crippen LogP contribution in [0.1, 0.15) is 67.3 Å². The van der Waals surface area contributed by atoms with Gasteiger partial charge < -0.3 is 10.6 Å². The number of nitrogen functional groups attached to an aromatic ring is 1. The van der Waals surface area contributed by atoms with Crippen molar-refractivity contribution in [2.45, 2.75) is 57.9 Å². The van der Waals surface area contributed by atoms with Crippen LogP contribution in [0.5, 0.6) is 0 Å². The molecule has 1 aromatic carbocycles. The zero-order chi connectivity index (χ0) is 30.1. The number of amides is 2. The van der Waals surface area contributed by atoms with Crippen LogP contribution in [0.25, 0.3) is 28.0 Å². The molecule has 0 spiro atoms. The third kappa shape index (κ3) is 5.68. The molecule has 0 aliphatic heterocycles. The highest BCUT2D eigenvalue weighted by Gasteiger charge is 2.32. The molecule has 0 unspecified atom stereocenters. The van der Waals surface area contributed by atoms with Gasteiger partial charge in [0.05, 0.1) is 17.6 Å². The summed E-state index contributed by atoms with van der Waals surface area (Å²) in [6, 6.07) is 14.0. The largest absolute Gasteiger partial charge is 0.383 e. The number of aromatic nitrogens is 7. The van der Waals surface area contributed by atoms with Gasteiger partial charge >= 0.3 is 0 Å². The first-order chi connectivity index (χ1) is 20.8. The smallest absolute Gasteiger partial charge is 0.291 e. The van der Waals surface area contributed by atoms with Crippen molar-refractivity contribution in [2.24, 2.45) is 0 Å². The summed E-state index contributed by atoms with van der Waals surface area (Å²) in [6.07, 6.45) is 7.86. The van der Waals surface area contributed by atoms with Crippen molar-refractivity contribution < 1.29 is 9.59 Å². The monoisotopic (exact) mass is 578 g/mol. The molecule has 1 aliphatic carbocycles. The summed E-state index contributed by atoms with van der Waals surface area (Å²) in [5.74, 6) is 0.517. The van der Waals surface area contributed by atoms with Gasteiger partial charge in [0, 0.05) is 48.5 Å². The number of rotatable bonds is 10. The standard InChI is InChI=1S/C31H34N10O2/c1-4-22(40(3)30(43)28-37-31(39-38-28)35-18(2)42)13-15-25-26(20-10-11-20)27(32)41-29(36-25)23(17-34-41)21-12-14-24(33-16-21)19-8-6-5-7-9-19/h5-9,12,14,16-17,20,22H,4,10-11,13,15,32H2,1-3H3,(H2,35,37,38,39,42)/t22-/m1/s1. The number of benzene rings is 1. The topological polar surface area (TPSA) is 160 Å². The third-order valence-corrected chi connectivity index (χ3v) is 7.96. The number of hydrogen-bond donors (Lipinski definition) is 3. The molecule has 1 saturated carbocycles. The van der Waals surface area contributed by atoms with E-state index in [4.69, 9.17) is 15.7 Å². The summed E-state index contributed by atoms with van der Waals surface area (Å²) in [5, 5.41) is 13.6. The summed E-state index contributed by atoms with van der Waals surface area (Å²) in [6.45, 7) is 3.40. The molecule has 2 amide bonds. The maximum atomic E-state index is 13.2. The Labute approximate surface area is 248 Å². The van der Waals surface area contributed by atoms with E-state index in [1.165, 1.54) is 6.92 Å². The van der Waals surface area contributed by atoms with Crippen molar-refractivity contribution in [2.75, 3.05) is 18.1 Å². The van der Waals surface area contributed by atoms with Crippen molar-refractivity contribution in [1.82, 2.24) is 39.7 Å². The first kappa shape index (κ1) is 28.0. The molecule has 1 aliphatic rings. The lowest BCUT2D eigenvalue weighted by Gasteiger charge is -2.27. The fourth-order valence-electron chi connectivity index (χ4n) is 5.50. The van der Waals surface area contributed by atoms with Gasteiger partial charge in [0.2, 0.25) is 17.7 Å². The molecular weight excluding hydrogens is 544 g/mol. The molecule has 1 atom stereocenters. The number of anilines is 2. The van der Waals surface area contributed by atoms with E-state index in [1.807, 2.05) is 55.6 Å². The number of hydrogen-bond acceptors (Lipinski definition) is 8. The Kier molecular flexibility index (Phi) is 7.58. The van der Waals surface area contributed by atoms with Gasteiger partial charge in [0.1, 0.15) is 5.82 Å². The molecule has 5 aromatic rings. The van der Waals surface area contributed by atoms with Gasteiger partial charge in [-0.1, -0.05) is 43.3 Å². The van der Waals surface area contributed by atoms with Crippen LogP contribution in [0.4, 0.5) is 11.8 Å². The van der Waals surface area contributed by atoms with Crippen LogP contribution in [-0.2, 0) is 11.2 Å². The van der Waals surface area contributed by atoms with Crippen molar-refractivity contribution in [3.8, 4) is 22.4 Å².